The quantitative estimate of drug-likeness (QED) is 0.927. The third kappa shape index (κ3) is 3.06. The van der Waals surface area contributed by atoms with Crippen molar-refractivity contribution in [2.45, 2.75) is 32.7 Å². The van der Waals surface area contributed by atoms with Crippen molar-refractivity contribution >= 4 is 11.6 Å². The number of anilines is 1. The number of nitrogens with one attached hydrogen (secondary N) is 1. The van der Waals surface area contributed by atoms with E-state index >= 15 is 0 Å². The zero-order valence-electron chi connectivity index (χ0n) is 12.6. The van der Waals surface area contributed by atoms with Gasteiger partial charge in [-0.25, -0.2) is 0 Å². The Balaban J connectivity index is 1.67. The largest absolute Gasteiger partial charge is 0.454 e. The van der Waals surface area contributed by atoms with E-state index in [-0.39, 0.29) is 17.9 Å². The second-order valence-electron chi connectivity index (χ2n) is 5.99. The lowest BCUT2D eigenvalue weighted by molar-refractivity contribution is -0.124. The summed E-state index contributed by atoms with van der Waals surface area (Å²) in [4.78, 5) is 14.1. The van der Waals surface area contributed by atoms with E-state index in [1.807, 2.05) is 26.0 Å². The van der Waals surface area contributed by atoms with Crippen LogP contribution in [0.4, 0.5) is 5.69 Å². The summed E-state index contributed by atoms with van der Waals surface area (Å²) in [5.74, 6) is 1.78. The second-order valence-corrected chi connectivity index (χ2v) is 5.99. The van der Waals surface area contributed by atoms with Crippen LogP contribution in [0.1, 0.15) is 26.7 Å². The molecular weight excluding hydrogens is 268 g/mol. The predicted octanol–water partition coefficient (Wildman–Crippen LogP) is 2.16. The number of hydrogen-bond acceptors (Lipinski definition) is 4. The van der Waals surface area contributed by atoms with Crippen LogP contribution in [0.15, 0.2) is 18.2 Å². The maximum Gasteiger partial charge on any atom is 0.231 e. The molecule has 5 heteroatoms. The summed E-state index contributed by atoms with van der Waals surface area (Å²) < 4.78 is 10.8. The van der Waals surface area contributed by atoms with Gasteiger partial charge in [-0.05, 0) is 25.0 Å². The SMILES string of the molecule is CC(C)C(=O)NC1CCCN(c2ccc3c(c2)OCO3)C1. The van der Waals surface area contributed by atoms with Crippen molar-refractivity contribution in [1.29, 1.82) is 0 Å². The maximum absolute atomic E-state index is 11.8. The molecule has 21 heavy (non-hydrogen) atoms. The van der Waals surface area contributed by atoms with Crippen molar-refractivity contribution in [3.63, 3.8) is 0 Å². The van der Waals surface area contributed by atoms with Crippen LogP contribution in [0.25, 0.3) is 0 Å². The normalized spacial score (nSPS) is 20.7. The number of hydrogen-bond donors (Lipinski definition) is 1. The van der Waals surface area contributed by atoms with Crippen LogP contribution in [0.2, 0.25) is 0 Å². The Morgan fingerprint density at radius 3 is 2.95 bits per heavy atom. The van der Waals surface area contributed by atoms with E-state index in [0.29, 0.717) is 6.79 Å². The monoisotopic (exact) mass is 290 g/mol. The van der Waals surface area contributed by atoms with Gasteiger partial charge in [0.15, 0.2) is 11.5 Å². The number of carbonyl (C=O) groups is 1. The minimum absolute atomic E-state index is 0.0333. The molecule has 1 saturated heterocycles. The molecule has 2 aliphatic rings. The molecule has 1 N–H and O–H groups in total. The van der Waals surface area contributed by atoms with Crippen LogP contribution in [-0.4, -0.2) is 31.8 Å². The molecule has 114 valence electrons. The number of rotatable bonds is 3. The summed E-state index contributed by atoms with van der Waals surface area (Å²) in [6, 6.07) is 6.25. The van der Waals surface area contributed by atoms with E-state index in [0.717, 1.165) is 43.1 Å². The van der Waals surface area contributed by atoms with Gasteiger partial charge in [-0.2, -0.15) is 0 Å². The fourth-order valence-electron chi connectivity index (χ4n) is 2.78. The molecule has 0 saturated carbocycles. The highest BCUT2D eigenvalue weighted by atomic mass is 16.7. The van der Waals surface area contributed by atoms with Gasteiger partial charge in [0.05, 0.1) is 0 Å². The topological polar surface area (TPSA) is 50.8 Å². The summed E-state index contributed by atoms with van der Waals surface area (Å²) in [5, 5.41) is 3.13. The van der Waals surface area contributed by atoms with Crippen LogP contribution in [0.5, 0.6) is 11.5 Å². The number of piperidine rings is 1. The van der Waals surface area contributed by atoms with Crippen molar-refractivity contribution < 1.29 is 14.3 Å². The molecule has 0 spiro atoms. The number of fused-ring (bicyclic) bond motifs is 1. The van der Waals surface area contributed by atoms with Gasteiger partial charge in [0, 0.05) is 36.8 Å². The number of amides is 1. The predicted molar refractivity (Wildman–Crippen MR) is 80.8 cm³/mol. The molecule has 5 nitrogen and oxygen atoms in total. The molecule has 2 heterocycles. The summed E-state index contributed by atoms with van der Waals surface area (Å²) in [5.41, 5.74) is 1.13. The highest BCUT2D eigenvalue weighted by Gasteiger charge is 2.24. The van der Waals surface area contributed by atoms with Gasteiger partial charge in [0.25, 0.3) is 0 Å². The van der Waals surface area contributed by atoms with E-state index < -0.39 is 0 Å². The van der Waals surface area contributed by atoms with Gasteiger partial charge >= 0.3 is 0 Å². The first kappa shape index (κ1) is 14.0. The van der Waals surface area contributed by atoms with E-state index in [4.69, 9.17) is 9.47 Å². The number of benzene rings is 1. The van der Waals surface area contributed by atoms with Crippen LogP contribution < -0.4 is 19.7 Å². The summed E-state index contributed by atoms with van der Waals surface area (Å²) in [6.45, 7) is 6.00. The van der Waals surface area contributed by atoms with Crippen molar-refractivity contribution in [1.82, 2.24) is 5.32 Å². The van der Waals surface area contributed by atoms with Crippen molar-refractivity contribution in [2.75, 3.05) is 24.8 Å². The molecule has 1 aromatic carbocycles. The lowest BCUT2D eigenvalue weighted by Crippen LogP contribution is -2.48. The second kappa shape index (κ2) is 5.84. The maximum atomic E-state index is 11.8. The minimum atomic E-state index is 0.0333. The fourth-order valence-corrected chi connectivity index (χ4v) is 2.78. The molecule has 1 atom stereocenters. The van der Waals surface area contributed by atoms with Crippen LogP contribution in [0.3, 0.4) is 0 Å². The van der Waals surface area contributed by atoms with E-state index in [1.54, 1.807) is 0 Å². The molecule has 0 radical (unpaired) electrons. The van der Waals surface area contributed by atoms with Crippen LogP contribution in [-0.2, 0) is 4.79 Å². The van der Waals surface area contributed by atoms with Crippen molar-refractivity contribution in [3.8, 4) is 11.5 Å². The highest BCUT2D eigenvalue weighted by molar-refractivity contribution is 5.78. The van der Waals surface area contributed by atoms with Gasteiger partial charge in [0.1, 0.15) is 0 Å². The van der Waals surface area contributed by atoms with Gasteiger partial charge in [-0.1, -0.05) is 13.8 Å². The molecule has 1 unspecified atom stereocenters. The molecule has 0 bridgehead atoms. The van der Waals surface area contributed by atoms with E-state index in [9.17, 15) is 4.79 Å². The molecule has 3 rings (SSSR count). The van der Waals surface area contributed by atoms with Gasteiger partial charge < -0.3 is 19.7 Å². The molecule has 1 amide bonds. The Labute approximate surface area is 125 Å². The Morgan fingerprint density at radius 1 is 1.33 bits per heavy atom. The summed E-state index contributed by atoms with van der Waals surface area (Å²) in [6.07, 6.45) is 2.12. The lowest BCUT2D eigenvalue weighted by atomic mass is 10.0. The van der Waals surface area contributed by atoms with Crippen LogP contribution >= 0.6 is 0 Å². The first-order valence-electron chi connectivity index (χ1n) is 7.58. The molecule has 0 aliphatic carbocycles. The van der Waals surface area contributed by atoms with Gasteiger partial charge in [0.2, 0.25) is 12.7 Å². The third-order valence-corrected chi connectivity index (χ3v) is 4.01. The summed E-state index contributed by atoms with van der Waals surface area (Å²) in [7, 11) is 0. The van der Waals surface area contributed by atoms with Crippen molar-refractivity contribution in [3.05, 3.63) is 18.2 Å². The minimum Gasteiger partial charge on any atom is -0.454 e. The average Bonchev–Trinajstić information content (AvgIpc) is 2.94. The van der Waals surface area contributed by atoms with E-state index in [2.05, 4.69) is 16.3 Å². The highest BCUT2D eigenvalue weighted by Crippen LogP contribution is 2.36. The Hall–Kier alpha value is -1.91. The number of carbonyl (C=O) groups excluding carboxylic acids is 1. The molecule has 2 aliphatic heterocycles. The van der Waals surface area contributed by atoms with Crippen LogP contribution in [0, 0.1) is 5.92 Å². The molecule has 1 fully saturated rings. The lowest BCUT2D eigenvalue weighted by Gasteiger charge is -2.35. The Morgan fingerprint density at radius 2 is 2.14 bits per heavy atom. The first-order chi connectivity index (χ1) is 10.1. The van der Waals surface area contributed by atoms with Gasteiger partial charge in [-0.15, -0.1) is 0 Å². The number of ether oxygens (including phenoxy) is 2. The molecular formula is C16H22N2O3. The Bertz CT molecular complexity index is 530. The standard InChI is InChI=1S/C16H22N2O3/c1-11(2)16(19)17-12-4-3-7-18(9-12)13-5-6-14-15(8-13)21-10-20-14/h5-6,8,11-12H,3-4,7,9-10H2,1-2H3,(H,17,19). The Kier molecular flexibility index (Phi) is 3.90. The smallest absolute Gasteiger partial charge is 0.231 e. The molecule has 1 aromatic rings. The molecule has 0 aromatic heterocycles. The average molecular weight is 290 g/mol. The number of nitrogens with zero attached hydrogens (tertiary/aromatic N) is 1. The first-order valence-corrected chi connectivity index (χ1v) is 7.58. The van der Waals surface area contributed by atoms with Crippen molar-refractivity contribution in [2.24, 2.45) is 5.92 Å². The summed E-state index contributed by atoms with van der Waals surface area (Å²) >= 11 is 0. The van der Waals surface area contributed by atoms with E-state index in [1.165, 1.54) is 0 Å². The zero-order valence-corrected chi connectivity index (χ0v) is 12.6. The fraction of sp³-hybridized carbons (Fsp3) is 0.562. The third-order valence-electron chi connectivity index (χ3n) is 4.01. The zero-order chi connectivity index (χ0) is 14.8. The van der Waals surface area contributed by atoms with Gasteiger partial charge in [-0.3, -0.25) is 4.79 Å².